The van der Waals surface area contributed by atoms with Crippen LogP contribution in [-0.4, -0.2) is 26.0 Å². The van der Waals surface area contributed by atoms with E-state index in [0.717, 1.165) is 6.42 Å². The zero-order valence-electron chi connectivity index (χ0n) is 9.75. The first kappa shape index (κ1) is 13.6. The smallest absolute Gasteiger partial charge is 0.140 e. The highest BCUT2D eigenvalue weighted by atomic mass is 16.5. The third-order valence-electron chi connectivity index (χ3n) is 2.66. The number of rotatable bonds is 7. The van der Waals surface area contributed by atoms with Gasteiger partial charge in [-0.2, -0.15) is 0 Å². The molecule has 0 saturated carbocycles. The molecule has 0 saturated heterocycles. The normalized spacial score (nSPS) is 15.6. The lowest BCUT2D eigenvalue weighted by Gasteiger charge is -2.21. The fraction of sp³-hybridized carbons (Fsp3) is 0.909. The number of methoxy groups -OCH3 is 1. The molecule has 2 atom stereocenters. The summed E-state index contributed by atoms with van der Waals surface area (Å²) in [4.78, 5) is 11.9. The summed E-state index contributed by atoms with van der Waals surface area (Å²) in [6.07, 6.45) is 0.790. The van der Waals surface area contributed by atoms with Crippen molar-refractivity contribution in [1.82, 2.24) is 0 Å². The van der Waals surface area contributed by atoms with Crippen molar-refractivity contribution in [3.8, 4) is 0 Å². The van der Waals surface area contributed by atoms with Gasteiger partial charge < -0.3 is 10.5 Å². The SMILES string of the molecule is COCCC(C)C(=O)C(CN)C(C)C. The van der Waals surface area contributed by atoms with E-state index in [2.05, 4.69) is 0 Å². The molecule has 14 heavy (non-hydrogen) atoms. The number of carbonyl (C=O) groups excluding carboxylic acids is 1. The van der Waals surface area contributed by atoms with E-state index < -0.39 is 0 Å². The second-order valence-electron chi connectivity index (χ2n) is 4.17. The molecule has 0 bridgehead atoms. The van der Waals surface area contributed by atoms with Crippen molar-refractivity contribution in [3.05, 3.63) is 0 Å². The first-order valence-corrected chi connectivity index (χ1v) is 5.27. The van der Waals surface area contributed by atoms with Gasteiger partial charge in [0, 0.05) is 32.1 Å². The van der Waals surface area contributed by atoms with Crippen LogP contribution in [0.25, 0.3) is 0 Å². The summed E-state index contributed by atoms with van der Waals surface area (Å²) in [7, 11) is 1.65. The Balaban J connectivity index is 4.13. The maximum atomic E-state index is 11.9. The summed E-state index contributed by atoms with van der Waals surface area (Å²) in [6, 6.07) is 0. The molecule has 0 aliphatic heterocycles. The standard InChI is InChI=1S/C11H23NO2/c1-8(2)10(7-12)11(13)9(3)5-6-14-4/h8-10H,5-7,12H2,1-4H3. The molecule has 84 valence electrons. The number of Topliss-reactive ketones (excluding diaryl/α,β-unsaturated/α-hetero) is 1. The Hall–Kier alpha value is -0.410. The van der Waals surface area contributed by atoms with Gasteiger partial charge in [-0.05, 0) is 12.3 Å². The Kier molecular flexibility index (Phi) is 6.75. The summed E-state index contributed by atoms with van der Waals surface area (Å²) >= 11 is 0. The Morgan fingerprint density at radius 1 is 1.36 bits per heavy atom. The van der Waals surface area contributed by atoms with Crippen LogP contribution in [0.3, 0.4) is 0 Å². The first-order chi connectivity index (χ1) is 6.54. The maximum Gasteiger partial charge on any atom is 0.140 e. The van der Waals surface area contributed by atoms with Crippen molar-refractivity contribution in [2.45, 2.75) is 27.2 Å². The van der Waals surface area contributed by atoms with Crippen molar-refractivity contribution in [2.24, 2.45) is 23.5 Å². The Labute approximate surface area is 87.0 Å². The Bertz CT molecular complexity index is 169. The van der Waals surface area contributed by atoms with Gasteiger partial charge in [0.1, 0.15) is 5.78 Å². The second-order valence-corrected chi connectivity index (χ2v) is 4.17. The molecule has 0 aromatic carbocycles. The van der Waals surface area contributed by atoms with E-state index in [1.165, 1.54) is 0 Å². The number of carbonyl (C=O) groups is 1. The van der Waals surface area contributed by atoms with E-state index in [4.69, 9.17) is 10.5 Å². The first-order valence-electron chi connectivity index (χ1n) is 5.27. The predicted molar refractivity (Wildman–Crippen MR) is 58.0 cm³/mol. The summed E-state index contributed by atoms with van der Waals surface area (Å²) in [5.74, 6) is 0.671. The van der Waals surface area contributed by atoms with Gasteiger partial charge in [-0.25, -0.2) is 0 Å². The van der Waals surface area contributed by atoms with Crippen LogP contribution in [0.15, 0.2) is 0 Å². The van der Waals surface area contributed by atoms with Gasteiger partial charge in [-0.1, -0.05) is 20.8 Å². The molecule has 2 unspecified atom stereocenters. The predicted octanol–water partition coefficient (Wildman–Crippen LogP) is 1.46. The van der Waals surface area contributed by atoms with Gasteiger partial charge in [0.25, 0.3) is 0 Å². The minimum atomic E-state index is 0.00172. The second kappa shape index (κ2) is 6.96. The third kappa shape index (κ3) is 4.20. The van der Waals surface area contributed by atoms with Gasteiger partial charge >= 0.3 is 0 Å². The van der Waals surface area contributed by atoms with Gasteiger partial charge in [-0.15, -0.1) is 0 Å². The molecule has 0 heterocycles. The molecule has 0 amide bonds. The molecule has 0 spiro atoms. The van der Waals surface area contributed by atoms with Gasteiger partial charge in [0.2, 0.25) is 0 Å². The van der Waals surface area contributed by atoms with Crippen molar-refractivity contribution < 1.29 is 9.53 Å². The van der Waals surface area contributed by atoms with E-state index in [1.54, 1.807) is 7.11 Å². The lowest BCUT2D eigenvalue weighted by molar-refractivity contribution is -0.127. The van der Waals surface area contributed by atoms with E-state index in [0.29, 0.717) is 19.1 Å². The molecule has 0 aliphatic rings. The van der Waals surface area contributed by atoms with Crippen LogP contribution in [-0.2, 0) is 9.53 Å². The van der Waals surface area contributed by atoms with Crippen molar-refractivity contribution >= 4 is 5.78 Å². The minimum Gasteiger partial charge on any atom is -0.385 e. The van der Waals surface area contributed by atoms with Crippen LogP contribution in [0.4, 0.5) is 0 Å². The average molecular weight is 201 g/mol. The quantitative estimate of drug-likeness (QED) is 0.678. The fourth-order valence-electron chi connectivity index (χ4n) is 1.52. The molecule has 0 rings (SSSR count). The molecule has 0 aromatic rings. The molecule has 0 aromatic heterocycles. The van der Waals surface area contributed by atoms with Crippen LogP contribution >= 0.6 is 0 Å². The van der Waals surface area contributed by atoms with E-state index >= 15 is 0 Å². The highest BCUT2D eigenvalue weighted by Crippen LogP contribution is 2.17. The monoisotopic (exact) mass is 201 g/mol. The van der Waals surface area contributed by atoms with Gasteiger partial charge in [0.15, 0.2) is 0 Å². The molecular formula is C11H23NO2. The summed E-state index contributed by atoms with van der Waals surface area (Å²) in [5.41, 5.74) is 5.59. The minimum absolute atomic E-state index is 0.00172. The molecular weight excluding hydrogens is 178 g/mol. The molecule has 0 radical (unpaired) electrons. The number of ether oxygens (including phenoxy) is 1. The average Bonchev–Trinajstić information content (AvgIpc) is 2.14. The highest BCUT2D eigenvalue weighted by molar-refractivity contribution is 5.83. The Morgan fingerprint density at radius 2 is 1.93 bits per heavy atom. The fourth-order valence-corrected chi connectivity index (χ4v) is 1.52. The van der Waals surface area contributed by atoms with Gasteiger partial charge in [0.05, 0.1) is 0 Å². The molecule has 2 N–H and O–H groups in total. The number of hydrogen-bond acceptors (Lipinski definition) is 3. The zero-order chi connectivity index (χ0) is 11.1. The molecule has 0 fully saturated rings. The third-order valence-corrected chi connectivity index (χ3v) is 2.66. The largest absolute Gasteiger partial charge is 0.385 e. The number of nitrogens with two attached hydrogens (primary N) is 1. The number of hydrogen-bond donors (Lipinski definition) is 1. The molecule has 3 nitrogen and oxygen atoms in total. The van der Waals surface area contributed by atoms with Crippen molar-refractivity contribution in [2.75, 3.05) is 20.3 Å². The topological polar surface area (TPSA) is 52.3 Å². The van der Waals surface area contributed by atoms with Crippen molar-refractivity contribution in [3.63, 3.8) is 0 Å². The zero-order valence-corrected chi connectivity index (χ0v) is 9.75. The number of ketones is 1. The highest BCUT2D eigenvalue weighted by Gasteiger charge is 2.24. The summed E-state index contributed by atoms with van der Waals surface area (Å²) in [5, 5.41) is 0. The van der Waals surface area contributed by atoms with Crippen LogP contribution in [0.2, 0.25) is 0 Å². The Morgan fingerprint density at radius 3 is 2.29 bits per heavy atom. The van der Waals surface area contributed by atoms with Crippen LogP contribution in [0.1, 0.15) is 27.2 Å². The van der Waals surface area contributed by atoms with Gasteiger partial charge in [-0.3, -0.25) is 4.79 Å². The maximum absolute atomic E-state index is 11.9. The van der Waals surface area contributed by atoms with E-state index in [9.17, 15) is 4.79 Å². The lowest BCUT2D eigenvalue weighted by Crippen LogP contribution is -2.32. The van der Waals surface area contributed by atoms with Crippen LogP contribution in [0.5, 0.6) is 0 Å². The molecule has 0 aliphatic carbocycles. The lowest BCUT2D eigenvalue weighted by atomic mass is 9.84. The van der Waals surface area contributed by atoms with Crippen LogP contribution in [0, 0.1) is 17.8 Å². The van der Waals surface area contributed by atoms with E-state index in [-0.39, 0.29) is 17.6 Å². The van der Waals surface area contributed by atoms with Crippen LogP contribution < -0.4 is 5.73 Å². The van der Waals surface area contributed by atoms with Crippen molar-refractivity contribution in [1.29, 1.82) is 0 Å². The van der Waals surface area contributed by atoms with E-state index in [1.807, 2.05) is 20.8 Å². The molecule has 3 heteroatoms. The summed E-state index contributed by atoms with van der Waals surface area (Å²) in [6.45, 7) is 7.12. The summed E-state index contributed by atoms with van der Waals surface area (Å²) < 4.78 is 4.95.